The van der Waals surface area contributed by atoms with Gasteiger partial charge in [-0.25, -0.2) is 24.2 Å². The Hall–Kier alpha value is -4.10. The first kappa shape index (κ1) is 24.0. The molecule has 4 atom stereocenters. The van der Waals surface area contributed by atoms with Crippen LogP contribution in [0, 0.1) is 0 Å². The highest BCUT2D eigenvalue weighted by atomic mass is 17.2. The molecule has 3 aromatic rings. The summed E-state index contributed by atoms with van der Waals surface area (Å²) in [6.45, 7) is 2.95. The van der Waals surface area contributed by atoms with Crippen molar-refractivity contribution >= 4 is 5.97 Å². The van der Waals surface area contributed by atoms with Gasteiger partial charge >= 0.3 is 11.7 Å². The van der Waals surface area contributed by atoms with Gasteiger partial charge in [-0.1, -0.05) is 42.4 Å². The highest BCUT2D eigenvalue weighted by Crippen LogP contribution is 2.43. The van der Waals surface area contributed by atoms with Gasteiger partial charge < -0.3 is 9.47 Å². The number of aromatic nitrogens is 5. The molecule has 35 heavy (non-hydrogen) atoms. The van der Waals surface area contributed by atoms with Gasteiger partial charge in [0.25, 0.3) is 0 Å². The van der Waals surface area contributed by atoms with Crippen LogP contribution in [0.1, 0.15) is 32.1 Å². The lowest BCUT2D eigenvalue weighted by Crippen LogP contribution is -2.45. The van der Waals surface area contributed by atoms with Gasteiger partial charge in [0.15, 0.2) is 30.0 Å². The van der Waals surface area contributed by atoms with Gasteiger partial charge in [0.1, 0.15) is 19.3 Å². The lowest BCUT2D eigenvalue weighted by Gasteiger charge is -2.28. The summed E-state index contributed by atoms with van der Waals surface area (Å²) >= 11 is 0. The Balaban J connectivity index is 1.69. The van der Waals surface area contributed by atoms with Crippen molar-refractivity contribution in [1.82, 2.24) is 24.3 Å². The second-order valence-corrected chi connectivity index (χ2v) is 7.55. The van der Waals surface area contributed by atoms with Crippen molar-refractivity contribution < 1.29 is 24.0 Å². The van der Waals surface area contributed by atoms with Crippen LogP contribution in [0.25, 0.3) is 16.3 Å². The highest BCUT2D eigenvalue weighted by molar-refractivity contribution is 5.66. The molecule has 0 radical (unpaired) electrons. The Labute approximate surface area is 198 Å². The summed E-state index contributed by atoms with van der Waals surface area (Å²) in [4.78, 5) is 46.7. The smallest absolute Gasteiger partial charge is 0.351 e. The Morgan fingerprint density at radius 1 is 1.31 bits per heavy atom. The Morgan fingerprint density at radius 2 is 2.11 bits per heavy atom. The van der Waals surface area contributed by atoms with Crippen molar-refractivity contribution in [2.24, 2.45) is 5.11 Å². The Kier molecular flexibility index (Phi) is 7.17. The minimum absolute atomic E-state index is 0.0654. The van der Waals surface area contributed by atoms with E-state index in [2.05, 4.69) is 25.1 Å². The molecule has 3 heterocycles. The maximum absolute atomic E-state index is 13.0. The molecule has 0 aliphatic carbocycles. The fourth-order valence-electron chi connectivity index (χ4n) is 3.72. The van der Waals surface area contributed by atoms with E-state index in [4.69, 9.17) is 19.2 Å². The second-order valence-electron chi connectivity index (χ2n) is 7.55. The SMILES string of the molecule is CC[C@@]1(N=[N+]=[N-])O[C@@H](n2ccc(-n3cncn3)nc2=O)C(OOCc2ccccc2)[C@@H]1OC(C)=O. The van der Waals surface area contributed by atoms with Crippen molar-refractivity contribution in [3.8, 4) is 5.82 Å². The number of carbonyl (C=O) groups excluding carboxylic acids is 1. The van der Waals surface area contributed by atoms with Crippen LogP contribution in [0.4, 0.5) is 0 Å². The summed E-state index contributed by atoms with van der Waals surface area (Å²) < 4.78 is 14.0. The summed E-state index contributed by atoms with van der Waals surface area (Å²) in [6, 6.07) is 10.7. The number of rotatable bonds is 9. The first-order chi connectivity index (χ1) is 17.0. The van der Waals surface area contributed by atoms with Crippen molar-refractivity contribution in [3.63, 3.8) is 0 Å². The summed E-state index contributed by atoms with van der Waals surface area (Å²) in [7, 11) is 0. The second kappa shape index (κ2) is 10.4. The molecule has 0 bridgehead atoms. The molecule has 1 aromatic carbocycles. The normalized spacial score (nSPS) is 23.5. The maximum Gasteiger partial charge on any atom is 0.351 e. The monoisotopic (exact) mass is 482 g/mol. The van der Waals surface area contributed by atoms with E-state index in [0.29, 0.717) is 0 Å². The van der Waals surface area contributed by atoms with E-state index < -0.39 is 35.8 Å². The molecule has 1 fully saturated rings. The van der Waals surface area contributed by atoms with E-state index >= 15 is 0 Å². The van der Waals surface area contributed by atoms with Gasteiger partial charge in [-0.3, -0.25) is 9.36 Å². The van der Waals surface area contributed by atoms with Gasteiger partial charge in [-0.2, -0.15) is 10.1 Å². The van der Waals surface area contributed by atoms with E-state index in [-0.39, 0.29) is 18.8 Å². The molecule has 0 N–H and O–H groups in total. The molecule has 182 valence electrons. The van der Waals surface area contributed by atoms with Crippen molar-refractivity contribution in [2.45, 2.75) is 51.0 Å². The largest absolute Gasteiger partial charge is 0.456 e. The van der Waals surface area contributed by atoms with E-state index in [1.54, 1.807) is 6.92 Å². The van der Waals surface area contributed by atoms with Gasteiger partial charge in [-0.15, -0.1) is 0 Å². The number of carbonyl (C=O) groups is 1. The number of benzene rings is 1. The van der Waals surface area contributed by atoms with Crippen LogP contribution in [0.15, 0.2) is 65.2 Å². The van der Waals surface area contributed by atoms with Crippen molar-refractivity contribution in [1.29, 1.82) is 0 Å². The first-order valence-electron chi connectivity index (χ1n) is 10.6. The van der Waals surface area contributed by atoms with E-state index in [0.717, 1.165) is 10.1 Å². The predicted molar refractivity (Wildman–Crippen MR) is 117 cm³/mol. The molecule has 1 aliphatic heterocycles. The highest BCUT2D eigenvalue weighted by Gasteiger charge is 2.59. The third kappa shape index (κ3) is 5.05. The number of nitrogens with zero attached hydrogens (tertiary/aromatic N) is 8. The van der Waals surface area contributed by atoms with Crippen LogP contribution < -0.4 is 5.69 Å². The number of esters is 1. The minimum Gasteiger partial charge on any atom is -0.456 e. The molecule has 2 aromatic heterocycles. The number of hydrogen-bond donors (Lipinski definition) is 0. The Morgan fingerprint density at radius 3 is 2.74 bits per heavy atom. The predicted octanol–water partition coefficient (Wildman–Crippen LogP) is 2.22. The quantitative estimate of drug-likeness (QED) is 0.111. The van der Waals surface area contributed by atoms with Crippen LogP contribution in [0.5, 0.6) is 0 Å². The standard InChI is InChI=1S/C21H22N8O6/c1-3-21(26-27-22)18(33-14(2)30)17(35-32-11-15-7-5-4-6-8-15)19(34-21)28-10-9-16(25-20(28)31)29-13-23-12-24-29/h4-10,12-13,17-19H,3,11H2,1-2H3/t17?,18-,19+,21+/m0/s1. The molecular weight excluding hydrogens is 460 g/mol. The van der Waals surface area contributed by atoms with Crippen molar-refractivity contribution in [3.05, 3.63) is 81.7 Å². The van der Waals surface area contributed by atoms with Crippen LogP contribution in [-0.4, -0.2) is 48.2 Å². The van der Waals surface area contributed by atoms with Crippen LogP contribution in [0.3, 0.4) is 0 Å². The summed E-state index contributed by atoms with van der Waals surface area (Å²) in [5, 5.41) is 7.73. The number of azide groups is 1. The fraction of sp³-hybridized carbons (Fsp3) is 0.381. The number of hydrogen-bond acceptors (Lipinski definition) is 10. The van der Waals surface area contributed by atoms with E-state index in [1.807, 2.05) is 30.3 Å². The topological polar surface area (TPSA) is 168 Å². The van der Waals surface area contributed by atoms with E-state index in [1.165, 1.54) is 36.5 Å². The molecule has 1 unspecified atom stereocenters. The zero-order valence-corrected chi connectivity index (χ0v) is 18.9. The zero-order chi connectivity index (χ0) is 24.8. The molecule has 0 amide bonds. The molecule has 4 rings (SSSR count). The van der Waals surface area contributed by atoms with Crippen molar-refractivity contribution in [2.75, 3.05) is 0 Å². The molecule has 1 saturated heterocycles. The fourth-order valence-corrected chi connectivity index (χ4v) is 3.72. The van der Waals surface area contributed by atoms with Crippen LogP contribution in [0.2, 0.25) is 0 Å². The lowest BCUT2D eigenvalue weighted by atomic mass is 10.0. The average Bonchev–Trinajstić information content (AvgIpc) is 3.48. The molecule has 1 aliphatic rings. The number of ether oxygens (including phenoxy) is 2. The third-order valence-electron chi connectivity index (χ3n) is 5.35. The molecule has 14 heteroatoms. The lowest BCUT2D eigenvalue weighted by molar-refractivity contribution is -0.353. The van der Waals surface area contributed by atoms with Gasteiger partial charge in [-0.05, 0) is 23.6 Å². The third-order valence-corrected chi connectivity index (χ3v) is 5.35. The summed E-state index contributed by atoms with van der Waals surface area (Å²) in [6.07, 6.45) is 0.627. The zero-order valence-electron chi connectivity index (χ0n) is 18.9. The first-order valence-corrected chi connectivity index (χ1v) is 10.6. The average molecular weight is 482 g/mol. The molecular formula is C21H22N8O6. The molecule has 0 saturated carbocycles. The van der Waals surface area contributed by atoms with Gasteiger partial charge in [0, 0.05) is 18.0 Å². The maximum atomic E-state index is 13.0. The van der Waals surface area contributed by atoms with Gasteiger partial charge in [0.05, 0.1) is 0 Å². The summed E-state index contributed by atoms with van der Waals surface area (Å²) in [5.41, 5.74) is 7.66. The van der Waals surface area contributed by atoms with Gasteiger partial charge in [0.2, 0.25) is 0 Å². The Bertz CT molecular complexity index is 1260. The molecule has 0 spiro atoms. The van der Waals surface area contributed by atoms with Crippen LogP contribution >= 0.6 is 0 Å². The summed E-state index contributed by atoms with van der Waals surface area (Å²) in [5.74, 6) is -0.429. The minimum atomic E-state index is -1.66. The van der Waals surface area contributed by atoms with E-state index in [9.17, 15) is 15.1 Å². The molecule has 14 nitrogen and oxygen atoms in total. The van der Waals surface area contributed by atoms with Crippen LogP contribution in [-0.2, 0) is 30.7 Å².